The maximum atomic E-state index is 13.8. The molecule has 1 aromatic carbocycles. The minimum absolute atomic E-state index is 0.0823. The van der Waals surface area contributed by atoms with Gasteiger partial charge in [0, 0.05) is 37.5 Å². The van der Waals surface area contributed by atoms with Crippen LogP contribution in [0.15, 0.2) is 12.1 Å². The zero-order valence-electron chi connectivity index (χ0n) is 18.6. The molecule has 5 atom stereocenters. The fraction of sp³-hybridized carbons (Fsp3) is 0.524. The van der Waals surface area contributed by atoms with Gasteiger partial charge < -0.3 is 26.2 Å². The van der Waals surface area contributed by atoms with Crippen LogP contribution < -0.4 is 16.4 Å². The average molecular weight is 488 g/mol. The lowest BCUT2D eigenvalue weighted by Gasteiger charge is -2.26. The maximum Gasteiger partial charge on any atom is 0.326 e. The van der Waals surface area contributed by atoms with Crippen molar-refractivity contribution in [2.24, 2.45) is 5.73 Å². The number of likely N-dealkylation sites (tertiary alicyclic amines) is 1. The molecule has 0 spiro atoms. The van der Waals surface area contributed by atoms with E-state index >= 15 is 0 Å². The average Bonchev–Trinajstić information content (AvgIpc) is 3.14. The smallest absolute Gasteiger partial charge is 0.326 e. The van der Waals surface area contributed by atoms with Crippen LogP contribution in [0, 0.1) is 17.5 Å². The first-order chi connectivity index (χ1) is 15.8. The van der Waals surface area contributed by atoms with Gasteiger partial charge in [0.1, 0.15) is 17.9 Å². The third kappa shape index (κ3) is 6.90. The summed E-state index contributed by atoms with van der Waals surface area (Å²) in [6.45, 7) is 2.62. The molecule has 0 unspecified atom stereocenters. The number of amides is 2. The Morgan fingerprint density at radius 3 is 2.29 bits per heavy atom. The van der Waals surface area contributed by atoms with Gasteiger partial charge in [0.2, 0.25) is 11.8 Å². The van der Waals surface area contributed by atoms with Crippen molar-refractivity contribution in [3.05, 3.63) is 35.1 Å². The van der Waals surface area contributed by atoms with E-state index < -0.39 is 71.4 Å². The largest absolute Gasteiger partial charge is 0.480 e. The van der Waals surface area contributed by atoms with Crippen molar-refractivity contribution in [3.8, 4) is 0 Å². The van der Waals surface area contributed by atoms with Gasteiger partial charge in [-0.05, 0) is 31.9 Å². The quantitative estimate of drug-likeness (QED) is 0.287. The van der Waals surface area contributed by atoms with Crippen molar-refractivity contribution in [3.63, 3.8) is 0 Å². The molecule has 10 nitrogen and oxygen atoms in total. The van der Waals surface area contributed by atoms with Gasteiger partial charge in [-0.2, -0.15) is 0 Å². The Morgan fingerprint density at radius 2 is 1.71 bits per heavy atom. The van der Waals surface area contributed by atoms with Crippen LogP contribution in [0.2, 0.25) is 0 Å². The summed E-state index contributed by atoms with van der Waals surface area (Å²) in [5.74, 6) is -7.28. The van der Waals surface area contributed by atoms with Crippen molar-refractivity contribution < 1.29 is 42.6 Å². The van der Waals surface area contributed by atoms with E-state index in [9.17, 15) is 37.5 Å². The Balaban J connectivity index is 1.96. The fourth-order valence-corrected chi connectivity index (χ4v) is 3.78. The van der Waals surface area contributed by atoms with Gasteiger partial charge in [0.15, 0.2) is 11.6 Å². The lowest BCUT2D eigenvalue weighted by molar-refractivity contribution is -0.149. The predicted octanol–water partition coefficient (Wildman–Crippen LogP) is -0.0147. The molecule has 13 heteroatoms. The minimum Gasteiger partial charge on any atom is -0.480 e. The van der Waals surface area contributed by atoms with Gasteiger partial charge in [-0.25, -0.2) is 18.0 Å². The number of nitrogens with zero attached hydrogens (tertiary/aromatic N) is 1. The summed E-state index contributed by atoms with van der Waals surface area (Å²) in [4.78, 5) is 48.7. The summed E-state index contributed by atoms with van der Waals surface area (Å²) in [7, 11) is 0. The first-order valence-corrected chi connectivity index (χ1v) is 10.5. The molecule has 2 rings (SSSR count). The summed E-state index contributed by atoms with van der Waals surface area (Å²) in [5.41, 5.74) is 5.65. The summed E-state index contributed by atoms with van der Waals surface area (Å²) in [5, 5.41) is 23.6. The number of benzene rings is 1. The standard InChI is InChI=1S/C21H27F3N4O6/c1-9(26-10(2)20(31)32)19(30)28-8-13(6-17(28)21(33)34)27-18(29)5-12(25)3-11-4-15(23)16(24)7-14(11)22/h4,7,9-10,12-13,17,26H,3,5-6,8,25H2,1-2H3,(H,27,29)(H,31,32)(H,33,34)/t9-,10-,12+,13-,17-/m0/s1. The van der Waals surface area contributed by atoms with Crippen LogP contribution in [0.1, 0.15) is 32.3 Å². The van der Waals surface area contributed by atoms with E-state index in [1.807, 2.05) is 0 Å². The summed E-state index contributed by atoms with van der Waals surface area (Å²) in [6.07, 6.45) is -0.635. The van der Waals surface area contributed by atoms with E-state index in [0.717, 1.165) is 4.90 Å². The highest BCUT2D eigenvalue weighted by molar-refractivity contribution is 5.88. The van der Waals surface area contributed by atoms with E-state index in [1.165, 1.54) is 13.8 Å². The van der Waals surface area contributed by atoms with Crippen molar-refractivity contribution in [2.45, 2.75) is 63.3 Å². The number of carbonyl (C=O) groups excluding carboxylic acids is 2. The number of hydrogen-bond acceptors (Lipinski definition) is 6. The highest BCUT2D eigenvalue weighted by atomic mass is 19.2. The zero-order chi connectivity index (χ0) is 25.7. The van der Waals surface area contributed by atoms with Gasteiger partial charge in [0.05, 0.1) is 6.04 Å². The Labute approximate surface area is 193 Å². The van der Waals surface area contributed by atoms with Crippen LogP contribution in [0.5, 0.6) is 0 Å². The van der Waals surface area contributed by atoms with Crippen molar-refractivity contribution in [1.29, 1.82) is 0 Å². The number of carboxylic acids is 2. The van der Waals surface area contributed by atoms with Crippen molar-refractivity contribution in [1.82, 2.24) is 15.5 Å². The summed E-state index contributed by atoms with van der Waals surface area (Å²) >= 11 is 0. The molecule has 0 radical (unpaired) electrons. The molecule has 0 saturated carbocycles. The molecular formula is C21H27F3N4O6. The number of carbonyl (C=O) groups is 4. The molecule has 0 aromatic heterocycles. The van der Waals surface area contributed by atoms with Gasteiger partial charge in [-0.15, -0.1) is 0 Å². The summed E-state index contributed by atoms with van der Waals surface area (Å²) in [6, 6.07) is -3.85. The molecule has 1 saturated heterocycles. The van der Waals surface area contributed by atoms with Crippen LogP contribution >= 0.6 is 0 Å². The van der Waals surface area contributed by atoms with Gasteiger partial charge >= 0.3 is 11.9 Å². The molecule has 1 aliphatic rings. The molecular weight excluding hydrogens is 461 g/mol. The Morgan fingerprint density at radius 1 is 1.09 bits per heavy atom. The molecule has 1 fully saturated rings. The third-order valence-corrected chi connectivity index (χ3v) is 5.49. The Hall–Kier alpha value is -3.19. The first kappa shape index (κ1) is 27.1. The predicted molar refractivity (Wildman–Crippen MR) is 112 cm³/mol. The molecule has 0 bridgehead atoms. The number of nitrogens with one attached hydrogen (secondary N) is 2. The Bertz CT molecular complexity index is 963. The molecule has 2 amide bonds. The molecule has 1 aromatic rings. The topological polar surface area (TPSA) is 162 Å². The number of nitrogens with two attached hydrogens (primary N) is 1. The molecule has 188 valence electrons. The SMILES string of the molecule is C[C@H](N[C@@H](C)C(=O)N1C[C@@H](NC(=O)C[C@H](N)Cc2cc(F)c(F)cc2F)C[C@H]1C(=O)O)C(=O)O. The van der Waals surface area contributed by atoms with Gasteiger partial charge in [-0.1, -0.05) is 0 Å². The van der Waals surface area contributed by atoms with Crippen LogP contribution in [0.3, 0.4) is 0 Å². The van der Waals surface area contributed by atoms with Crippen molar-refractivity contribution >= 4 is 23.8 Å². The molecule has 1 heterocycles. The van der Waals surface area contributed by atoms with Crippen LogP contribution in [0.25, 0.3) is 0 Å². The second-order valence-electron chi connectivity index (χ2n) is 8.32. The number of hydrogen-bond donors (Lipinski definition) is 5. The highest BCUT2D eigenvalue weighted by Gasteiger charge is 2.41. The highest BCUT2D eigenvalue weighted by Crippen LogP contribution is 2.20. The third-order valence-electron chi connectivity index (χ3n) is 5.49. The van der Waals surface area contributed by atoms with Crippen LogP contribution in [-0.2, 0) is 25.6 Å². The lowest BCUT2D eigenvalue weighted by atomic mass is 10.0. The monoisotopic (exact) mass is 488 g/mol. The fourth-order valence-electron chi connectivity index (χ4n) is 3.78. The molecule has 6 N–H and O–H groups in total. The van der Waals surface area contributed by atoms with Crippen LogP contribution in [0.4, 0.5) is 13.2 Å². The first-order valence-electron chi connectivity index (χ1n) is 10.5. The maximum absolute atomic E-state index is 13.8. The normalized spacial score (nSPS) is 20.5. The number of carboxylic acid groups (broad SMARTS) is 2. The lowest BCUT2D eigenvalue weighted by Crippen LogP contribution is -2.52. The van der Waals surface area contributed by atoms with E-state index in [-0.39, 0.29) is 31.4 Å². The van der Waals surface area contributed by atoms with Crippen LogP contribution in [-0.4, -0.2) is 75.6 Å². The number of rotatable bonds is 10. The van der Waals surface area contributed by atoms with E-state index in [2.05, 4.69) is 10.6 Å². The Kier molecular flexibility index (Phi) is 8.99. The van der Waals surface area contributed by atoms with E-state index in [4.69, 9.17) is 10.8 Å². The second-order valence-corrected chi connectivity index (χ2v) is 8.32. The van der Waals surface area contributed by atoms with E-state index in [1.54, 1.807) is 0 Å². The van der Waals surface area contributed by atoms with Gasteiger partial charge in [0.25, 0.3) is 0 Å². The number of halogens is 3. The van der Waals surface area contributed by atoms with E-state index in [0.29, 0.717) is 12.1 Å². The van der Waals surface area contributed by atoms with Gasteiger partial charge in [-0.3, -0.25) is 19.7 Å². The number of aliphatic carboxylic acids is 2. The summed E-state index contributed by atoms with van der Waals surface area (Å²) < 4.78 is 40.2. The van der Waals surface area contributed by atoms with Crippen molar-refractivity contribution in [2.75, 3.05) is 6.54 Å². The molecule has 34 heavy (non-hydrogen) atoms. The molecule has 0 aliphatic carbocycles. The molecule has 1 aliphatic heterocycles. The minimum atomic E-state index is -1.34. The second kappa shape index (κ2) is 11.3. The zero-order valence-corrected chi connectivity index (χ0v) is 18.6.